The number of rotatable bonds is 6. The van der Waals surface area contributed by atoms with Crippen molar-refractivity contribution in [2.45, 2.75) is 19.0 Å². The highest BCUT2D eigenvalue weighted by Crippen LogP contribution is 2.28. The molecule has 0 aliphatic carbocycles. The van der Waals surface area contributed by atoms with E-state index in [1.165, 1.54) is 18.2 Å². The maximum atomic E-state index is 12.8. The minimum Gasteiger partial charge on any atom is -0.496 e. The lowest BCUT2D eigenvalue weighted by molar-refractivity contribution is 0.0916. The molecule has 1 amide bonds. The largest absolute Gasteiger partial charge is 0.496 e. The number of furan rings is 1. The van der Waals surface area contributed by atoms with E-state index in [2.05, 4.69) is 34.5 Å². The van der Waals surface area contributed by atoms with Gasteiger partial charge in [0.05, 0.1) is 25.0 Å². The fourth-order valence-electron chi connectivity index (χ4n) is 3.82. The van der Waals surface area contributed by atoms with Gasteiger partial charge in [0.2, 0.25) is 0 Å². The molecule has 1 atom stereocenters. The number of nitrogens with one attached hydrogen (secondary N) is 1. The molecule has 0 bridgehead atoms. The normalized spacial score (nSPS) is 14.8. The zero-order chi connectivity index (χ0) is 20.2. The molecule has 1 aliphatic heterocycles. The quantitative estimate of drug-likeness (QED) is 0.651. The van der Waals surface area contributed by atoms with Crippen LogP contribution in [-0.4, -0.2) is 31.0 Å². The molecule has 3 aromatic rings. The van der Waals surface area contributed by atoms with E-state index in [1.54, 1.807) is 24.5 Å². The van der Waals surface area contributed by atoms with Crippen LogP contribution in [0.15, 0.2) is 65.3 Å². The number of methoxy groups -OCH3 is 1. The Morgan fingerprint density at radius 1 is 1.21 bits per heavy atom. The second-order valence-electron chi connectivity index (χ2n) is 7.08. The number of fused-ring (bicyclic) bond motifs is 1. The Bertz CT molecular complexity index is 988. The van der Waals surface area contributed by atoms with Crippen molar-refractivity contribution < 1.29 is 13.9 Å². The number of benzene rings is 2. The molecular formula is C23H23ClN2O3. The summed E-state index contributed by atoms with van der Waals surface area (Å²) in [4.78, 5) is 15.2. The average Bonchev–Trinajstić information content (AvgIpc) is 3.28. The lowest BCUT2D eigenvalue weighted by Gasteiger charge is -2.34. The Morgan fingerprint density at radius 2 is 2.03 bits per heavy atom. The maximum Gasteiger partial charge on any atom is 0.255 e. The summed E-state index contributed by atoms with van der Waals surface area (Å²) < 4.78 is 11.0. The first kappa shape index (κ1) is 19.6. The first-order chi connectivity index (χ1) is 14.2. The van der Waals surface area contributed by atoms with Gasteiger partial charge in [0.15, 0.2) is 0 Å². The third-order valence-electron chi connectivity index (χ3n) is 5.33. The topological polar surface area (TPSA) is 54.7 Å². The average molecular weight is 411 g/mol. The molecule has 0 radical (unpaired) electrons. The van der Waals surface area contributed by atoms with Crippen LogP contribution in [0.5, 0.6) is 5.75 Å². The van der Waals surface area contributed by atoms with Crippen LogP contribution in [-0.2, 0) is 13.0 Å². The van der Waals surface area contributed by atoms with Crippen molar-refractivity contribution in [1.82, 2.24) is 10.2 Å². The summed E-state index contributed by atoms with van der Waals surface area (Å²) in [5.74, 6) is 1.11. The molecule has 29 heavy (non-hydrogen) atoms. The zero-order valence-corrected chi connectivity index (χ0v) is 17.0. The van der Waals surface area contributed by atoms with E-state index in [4.69, 9.17) is 20.8 Å². The van der Waals surface area contributed by atoms with Gasteiger partial charge in [0.1, 0.15) is 11.5 Å². The highest BCUT2D eigenvalue weighted by molar-refractivity contribution is 6.31. The predicted octanol–water partition coefficient (Wildman–Crippen LogP) is 4.47. The Labute approximate surface area is 175 Å². The third kappa shape index (κ3) is 4.31. The van der Waals surface area contributed by atoms with Crippen LogP contribution < -0.4 is 10.1 Å². The van der Waals surface area contributed by atoms with Gasteiger partial charge in [0, 0.05) is 24.7 Å². The second kappa shape index (κ2) is 8.72. The number of carbonyl (C=O) groups is 1. The summed E-state index contributed by atoms with van der Waals surface area (Å²) in [6.07, 6.45) is 2.64. The highest BCUT2D eigenvalue weighted by Gasteiger charge is 2.27. The summed E-state index contributed by atoms with van der Waals surface area (Å²) in [6.45, 7) is 2.14. The van der Waals surface area contributed by atoms with Gasteiger partial charge in [-0.15, -0.1) is 0 Å². The van der Waals surface area contributed by atoms with E-state index in [1.807, 2.05) is 12.1 Å². The van der Waals surface area contributed by atoms with Crippen LogP contribution in [0.25, 0.3) is 0 Å². The van der Waals surface area contributed by atoms with Crippen LogP contribution in [0.1, 0.15) is 33.3 Å². The number of nitrogens with zero attached hydrogens (tertiary/aromatic N) is 1. The van der Waals surface area contributed by atoms with Crippen LogP contribution in [0.2, 0.25) is 5.02 Å². The van der Waals surface area contributed by atoms with E-state index in [0.717, 1.165) is 25.3 Å². The summed E-state index contributed by atoms with van der Waals surface area (Å²) in [5.41, 5.74) is 3.12. The standard InChI is InChI=1S/C23H23ClN2O3/c1-28-21-9-8-18(24)13-19(21)23(27)25-14-20(22-7-4-12-29-22)26-11-10-16-5-2-3-6-17(16)15-26/h2-9,12-13,20H,10-11,14-15H2,1H3,(H,25,27)/t20-/m1/s1. The van der Waals surface area contributed by atoms with Crippen LogP contribution >= 0.6 is 11.6 Å². The first-order valence-corrected chi connectivity index (χ1v) is 9.99. The Morgan fingerprint density at radius 3 is 2.79 bits per heavy atom. The summed E-state index contributed by atoms with van der Waals surface area (Å²) in [5, 5.41) is 3.52. The molecule has 0 fully saturated rings. The number of hydrogen-bond donors (Lipinski definition) is 1. The molecule has 6 heteroatoms. The van der Waals surface area contributed by atoms with Gasteiger partial charge in [-0.25, -0.2) is 0 Å². The van der Waals surface area contributed by atoms with Crippen molar-refractivity contribution >= 4 is 17.5 Å². The van der Waals surface area contributed by atoms with Crippen molar-refractivity contribution in [3.05, 3.63) is 88.3 Å². The molecule has 0 unspecified atom stereocenters. The number of amides is 1. The van der Waals surface area contributed by atoms with Gasteiger partial charge in [0.25, 0.3) is 5.91 Å². The lowest BCUT2D eigenvalue weighted by Crippen LogP contribution is -2.40. The molecule has 4 rings (SSSR count). The van der Waals surface area contributed by atoms with Gasteiger partial charge in [-0.3, -0.25) is 9.69 Å². The highest BCUT2D eigenvalue weighted by atomic mass is 35.5. The molecule has 150 valence electrons. The van der Waals surface area contributed by atoms with Crippen molar-refractivity contribution in [1.29, 1.82) is 0 Å². The van der Waals surface area contributed by atoms with Gasteiger partial charge >= 0.3 is 0 Å². The molecule has 2 aromatic carbocycles. The molecule has 0 spiro atoms. The second-order valence-corrected chi connectivity index (χ2v) is 7.51. The minimum absolute atomic E-state index is 0.0625. The number of hydrogen-bond acceptors (Lipinski definition) is 4. The Hall–Kier alpha value is -2.76. The number of carbonyl (C=O) groups excluding carboxylic acids is 1. The Kier molecular flexibility index (Phi) is 5.88. The monoisotopic (exact) mass is 410 g/mol. The van der Waals surface area contributed by atoms with Crippen molar-refractivity contribution in [3.63, 3.8) is 0 Å². The molecule has 2 heterocycles. The first-order valence-electron chi connectivity index (χ1n) is 9.61. The summed E-state index contributed by atoms with van der Waals surface area (Å²) >= 11 is 6.07. The van der Waals surface area contributed by atoms with Gasteiger partial charge in [-0.1, -0.05) is 35.9 Å². The molecule has 0 saturated heterocycles. The third-order valence-corrected chi connectivity index (χ3v) is 5.57. The SMILES string of the molecule is COc1ccc(Cl)cc1C(=O)NC[C@H](c1ccco1)N1CCc2ccccc2C1. The van der Waals surface area contributed by atoms with Crippen LogP contribution in [0, 0.1) is 0 Å². The summed E-state index contributed by atoms with van der Waals surface area (Å²) in [6, 6.07) is 17.3. The molecule has 1 aromatic heterocycles. The van der Waals surface area contributed by atoms with E-state index < -0.39 is 0 Å². The van der Waals surface area contributed by atoms with Gasteiger partial charge in [-0.05, 0) is 47.9 Å². The summed E-state index contributed by atoms with van der Waals surface area (Å²) in [7, 11) is 1.54. The molecule has 0 saturated carbocycles. The minimum atomic E-state index is -0.224. The lowest BCUT2D eigenvalue weighted by atomic mass is 9.98. The number of ether oxygens (including phenoxy) is 1. The smallest absolute Gasteiger partial charge is 0.255 e. The Balaban J connectivity index is 1.52. The fourth-order valence-corrected chi connectivity index (χ4v) is 3.99. The van der Waals surface area contributed by atoms with E-state index in [9.17, 15) is 4.79 Å². The molecule has 1 aliphatic rings. The van der Waals surface area contributed by atoms with Crippen molar-refractivity contribution in [3.8, 4) is 5.75 Å². The van der Waals surface area contributed by atoms with Gasteiger partial charge < -0.3 is 14.5 Å². The van der Waals surface area contributed by atoms with E-state index in [-0.39, 0.29) is 11.9 Å². The van der Waals surface area contributed by atoms with Crippen LogP contribution in [0.4, 0.5) is 0 Å². The maximum absolute atomic E-state index is 12.8. The number of halogens is 1. The van der Waals surface area contributed by atoms with E-state index in [0.29, 0.717) is 22.9 Å². The molecule has 5 nitrogen and oxygen atoms in total. The fraction of sp³-hybridized carbons (Fsp3) is 0.261. The zero-order valence-electron chi connectivity index (χ0n) is 16.2. The van der Waals surface area contributed by atoms with Gasteiger partial charge in [-0.2, -0.15) is 0 Å². The molecular weight excluding hydrogens is 388 g/mol. The van der Waals surface area contributed by atoms with Crippen molar-refractivity contribution in [2.75, 3.05) is 20.2 Å². The van der Waals surface area contributed by atoms with Crippen molar-refractivity contribution in [2.24, 2.45) is 0 Å². The predicted molar refractivity (Wildman–Crippen MR) is 112 cm³/mol. The molecule has 1 N–H and O–H groups in total. The van der Waals surface area contributed by atoms with E-state index >= 15 is 0 Å². The van der Waals surface area contributed by atoms with Crippen LogP contribution in [0.3, 0.4) is 0 Å².